The van der Waals surface area contributed by atoms with Gasteiger partial charge in [-0.1, -0.05) is 24.3 Å². The molecule has 1 aromatic carbocycles. The Bertz CT molecular complexity index is 195. The summed E-state index contributed by atoms with van der Waals surface area (Å²) in [7, 11) is 0. The second-order valence-electron chi connectivity index (χ2n) is 2.26. The molecule has 0 aliphatic carbocycles. The number of benzene rings is 1. The van der Waals surface area contributed by atoms with Gasteiger partial charge >= 0.3 is 0 Å². The van der Waals surface area contributed by atoms with E-state index in [2.05, 4.69) is 6.58 Å². The lowest BCUT2D eigenvalue weighted by Gasteiger charge is -1.93. The number of hydrogen-bond acceptors (Lipinski definition) is 1. The second kappa shape index (κ2) is 5.54. The fourth-order valence-electron chi connectivity index (χ4n) is 0.587. The molecular formula is C10H15N. The Morgan fingerprint density at radius 1 is 1.36 bits per heavy atom. The summed E-state index contributed by atoms with van der Waals surface area (Å²) in [4.78, 5) is 0. The molecule has 1 rings (SSSR count). The molecule has 0 spiro atoms. The van der Waals surface area contributed by atoms with Crippen molar-refractivity contribution in [1.29, 1.82) is 0 Å². The molecule has 0 saturated carbocycles. The number of rotatable bonds is 0. The Hall–Kier alpha value is -1.24. The van der Waals surface area contributed by atoms with E-state index in [9.17, 15) is 0 Å². The molecule has 0 fully saturated rings. The van der Waals surface area contributed by atoms with Gasteiger partial charge in [-0.05, 0) is 25.5 Å². The zero-order valence-corrected chi connectivity index (χ0v) is 7.17. The predicted octanol–water partition coefficient (Wildman–Crippen LogP) is 2.77. The smallest absolute Gasteiger partial charge is 0.0343 e. The summed E-state index contributed by atoms with van der Waals surface area (Å²) in [5, 5.41) is 0. The van der Waals surface area contributed by atoms with Crippen LogP contribution in [-0.2, 0) is 0 Å². The maximum atomic E-state index is 5.52. The van der Waals surface area contributed by atoms with E-state index in [1.165, 1.54) is 0 Å². The molecule has 0 atom stereocenters. The minimum Gasteiger partial charge on any atom is -0.399 e. The van der Waals surface area contributed by atoms with Crippen LogP contribution in [0.25, 0.3) is 0 Å². The lowest BCUT2D eigenvalue weighted by Crippen LogP contribution is -1.85. The number of allylic oxidation sites excluding steroid dienone is 1. The molecule has 60 valence electrons. The van der Waals surface area contributed by atoms with Gasteiger partial charge in [0, 0.05) is 5.69 Å². The molecule has 1 nitrogen and oxygen atoms in total. The van der Waals surface area contributed by atoms with Crippen molar-refractivity contribution in [2.24, 2.45) is 0 Å². The number of para-hydroxylation sites is 1. The Kier molecular flexibility index (Phi) is 4.91. The number of nitrogens with two attached hydrogens (primary N) is 1. The first-order valence-electron chi connectivity index (χ1n) is 3.60. The molecule has 11 heavy (non-hydrogen) atoms. The summed E-state index contributed by atoms with van der Waals surface area (Å²) in [6, 6.07) is 7.80. The van der Waals surface area contributed by atoms with Gasteiger partial charge in [0.2, 0.25) is 0 Å². The van der Waals surface area contributed by atoms with E-state index in [1.54, 1.807) is 6.08 Å². The van der Waals surface area contributed by atoms with E-state index in [4.69, 9.17) is 5.73 Å². The maximum Gasteiger partial charge on any atom is 0.0343 e. The summed E-state index contributed by atoms with van der Waals surface area (Å²) in [5.74, 6) is 0. The molecule has 1 aromatic rings. The highest BCUT2D eigenvalue weighted by Crippen LogP contribution is 2.06. The monoisotopic (exact) mass is 149 g/mol. The van der Waals surface area contributed by atoms with Crippen molar-refractivity contribution in [3.63, 3.8) is 0 Å². The van der Waals surface area contributed by atoms with Gasteiger partial charge in [-0.15, -0.1) is 6.58 Å². The van der Waals surface area contributed by atoms with E-state index in [0.29, 0.717) is 0 Å². The van der Waals surface area contributed by atoms with Crippen LogP contribution in [0.1, 0.15) is 12.5 Å². The second-order valence-corrected chi connectivity index (χ2v) is 2.26. The van der Waals surface area contributed by atoms with Gasteiger partial charge in [-0.3, -0.25) is 0 Å². The number of nitrogen functional groups attached to an aromatic ring is 1. The normalized spacial score (nSPS) is 7.82. The quantitative estimate of drug-likeness (QED) is 0.445. The molecule has 0 heterocycles. The Morgan fingerprint density at radius 3 is 2.09 bits per heavy atom. The fraction of sp³-hybridized carbons (Fsp3) is 0.200. The topological polar surface area (TPSA) is 26.0 Å². The van der Waals surface area contributed by atoms with E-state index < -0.39 is 0 Å². The zero-order valence-electron chi connectivity index (χ0n) is 7.17. The molecule has 2 N–H and O–H groups in total. The summed E-state index contributed by atoms with van der Waals surface area (Å²) in [5.41, 5.74) is 7.53. The van der Waals surface area contributed by atoms with Crippen molar-refractivity contribution in [2.75, 3.05) is 5.73 Å². The van der Waals surface area contributed by atoms with E-state index in [1.807, 2.05) is 38.1 Å². The molecule has 0 aliphatic heterocycles. The highest BCUT2D eigenvalue weighted by atomic mass is 14.5. The average molecular weight is 149 g/mol. The van der Waals surface area contributed by atoms with Crippen molar-refractivity contribution in [3.8, 4) is 0 Å². The molecule has 0 unspecified atom stereocenters. The molecule has 0 radical (unpaired) electrons. The van der Waals surface area contributed by atoms with Gasteiger partial charge in [-0.25, -0.2) is 0 Å². The third-order valence-corrected chi connectivity index (χ3v) is 1.19. The van der Waals surface area contributed by atoms with Crippen LogP contribution in [0, 0.1) is 6.92 Å². The Morgan fingerprint density at radius 2 is 1.82 bits per heavy atom. The van der Waals surface area contributed by atoms with Crippen molar-refractivity contribution >= 4 is 5.69 Å². The van der Waals surface area contributed by atoms with Gasteiger partial charge < -0.3 is 5.73 Å². The first-order valence-corrected chi connectivity index (χ1v) is 3.60. The summed E-state index contributed by atoms with van der Waals surface area (Å²) in [6.45, 7) is 7.25. The molecule has 0 bridgehead atoms. The maximum absolute atomic E-state index is 5.52. The third kappa shape index (κ3) is 4.20. The molecule has 0 amide bonds. The Balaban J connectivity index is 0.000000292. The highest BCUT2D eigenvalue weighted by Gasteiger charge is 1.84. The van der Waals surface area contributed by atoms with E-state index in [0.717, 1.165) is 11.3 Å². The summed E-state index contributed by atoms with van der Waals surface area (Å²) >= 11 is 0. The van der Waals surface area contributed by atoms with Gasteiger partial charge in [0.05, 0.1) is 0 Å². The number of hydrogen-bond donors (Lipinski definition) is 1. The van der Waals surface area contributed by atoms with Gasteiger partial charge in [0.1, 0.15) is 0 Å². The van der Waals surface area contributed by atoms with Gasteiger partial charge in [-0.2, -0.15) is 0 Å². The van der Waals surface area contributed by atoms with E-state index >= 15 is 0 Å². The van der Waals surface area contributed by atoms with Crippen LogP contribution < -0.4 is 5.73 Å². The minimum atomic E-state index is 0.868. The van der Waals surface area contributed by atoms with Crippen molar-refractivity contribution in [1.82, 2.24) is 0 Å². The molecule has 1 heteroatoms. The number of anilines is 1. The first kappa shape index (κ1) is 9.76. The minimum absolute atomic E-state index is 0.868. The van der Waals surface area contributed by atoms with Crippen LogP contribution in [0.3, 0.4) is 0 Å². The van der Waals surface area contributed by atoms with Crippen LogP contribution in [-0.4, -0.2) is 0 Å². The van der Waals surface area contributed by atoms with Crippen molar-refractivity contribution in [2.45, 2.75) is 13.8 Å². The largest absolute Gasteiger partial charge is 0.399 e. The molecule has 0 aliphatic rings. The van der Waals surface area contributed by atoms with Crippen LogP contribution in [0.4, 0.5) is 5.69 Å². The van der Waals surface area contributed by atoms with Gasteiger partial charge in [0.25, 0.3) is 0 Å². The molecule has 0 saturated heterocycles. The lowest BCUT2D eigenvalue weighted by atomic mass is 10.2. The first-order chi connectivity index (χ1) is 5.22. The van der Waals surface area contributed by atoms with Crippen LogP contribution >= 0.6 is 0 Å². The SMILES string of the molecule is C=CC.Cc1ccccc1N. The van der Waals surface area contributed by atoms with E-state index in [-0.39, 0.29) is 0 Å². The third-order valence-electron chi connectivity index (χ3n) is 1.19. The lowest BCUT2D eigenvalue weighted by molar-refractivity contribution is 1.47. The zero-order chi connectivity index (χ0) is 8.69. The molecular weight excluding hydrogens is 134 g/mol. The van der Waals surface area contributed by atoms with Crippen LogP contribution in [0.5, 0.6) is 0 Å². The number of aryl methyl sites for hydroxylation is 1. The fourth-order valence-corrected chi connectivity index (χ4v) is 0.587. The summed E-state index contributed by atoms with van der Waals surface area (Å²) < 4.78 is 0. The molecule has 0 aromatic heterocycles. The Labute approximate surface area is 68.5 Å². The van der Waals surface area contributed by atoms with Gasteiger partial charge in [0.15, 0.2) is 0 Å². The highest BCUT2D eigenvalue weighted by molar-refractivity contribution is 5.44. The van der Waals surface area contributed by atoms with Crippen molar-refractivity contribution in [3.05, 3.63) is 42.5 Å². The van der Waals surface area contributed by atoms with Crippen molar-refractivity contribution < 1.29 is 0 Å². The van der Waals surface area contributed by atoms with Crippen LogP contribution in [0.2, 0.25) is 0 Å². The predicted molar refractivity (Wildman–Crippen MR) is 51.5 cm³/mol. The average Bonchev–Trinajstić information content (AvgIpc) is 1.97. The summed E-state index contributed by atoms with van der Waals surface area (Å²) in [6.07, 6.45) is 1.75. The van der Waals surface area contributed by atoms with Crippen LogP contribution in [0.15, 0.2) is 36.9 Å². The standard InChI is InChI=1S/C7H9N.C3H6/c1-6-4-2-3-5-7(6)8;1-3-2/h2-5H,8H2,1H3;3H,1H2,2H3.